The van der Waals surface area contributed by atoms with Gasteiger partial charge in [0, 0.05) is 80.3 Å². The number of Topliss-reactive ketones (excluding diaryl/α,β-unsaturated/α-hetero) is 1. The van der Waals surface area contributed by atoms with Gasteiger partial charge in [-0.1, -0.05) is 43.2 Å². The molecular formula is C51H57N9O6. The summed E-state index contributed by atoms with van der Waals surface area (Å²) in [5, 5.41) is 18.2. The number of imide groups is 1. The molecule has 15 heteroatoms. The molecule has 15 nitrogen and oxygen atoms in total. The molecule has 10 rings (SSSR count). The SMILES string of the molecule is CC(=O)c1c(C)c2cnc(Nc3ccc(C4CCN(c5ccc([C@@H](C)N6CCC(O)(c7ccc8c(c7)CN(C7CCC(=O)NC7=O)C8=O)CC6)cc5)CC4)cn3)nc2n(C2CCCC2)c1=O. The fraction of sp³-hybridized carbons (Fsp3) is 0.451. The van der Waals surface area contributed by atoms with Crippen LogP contribution in [0.5, 0.6) is 0 Å². The average molecular weight is 892 g/mol. The predicted octanol–water partition coefficient (Wildman–Crippen LogP) is 6.75. The highest BCUT2D eigenvalue weighted by Crippen LogP contribution is 2.39. The number of carbonyl (C=O) groups is 4. The molecule has 5 aliphatic rings. The lowest BCUT2D eigenvalue weighted by molar-refractivity contribution is -0.136. The number of hydrogen-bond acceptors (Lipinski definition) is 12. The molecular weight excluding hydrogens is 835 g/mol. The van der Waals surface area contributed by atoms with Gasteiger partial charge in [0.25, 0.3) is 11.5 Å². The molecule has 0 radical (unpaired) electrons. The summed E-state index contributed by atoms with van der Waals surface area (Å²) in [6.45, 7) is 9.08. The summed E-state index contributed by atoms with van der Waals surface area (Å²) >= 11 is 0. The Kier molecular flexibility index (Phi) is 11.5. The number of likely N-dealkylation sites (tertiary alicyclic amines) is 1. The molecule has 3 aromatic heterocycles. The first-order chi connectivity index (χ1) is 31.8. The van der Waals surface area contributed by atoms with Gasteiger partial charge in [-0.2, -0.15) is 4.98 Å². The third-order valence-corrected chi connectivity index (χ3v) is 15.2. The van der Waals surface area contributed by atoms with Gasteiger partial charge in [-0.05, 0) is 124 Å². The van der Waals surface area contributed by atoms with Gasteiger partial charge in [0.2, 0.25) is 17.8 Å². The standard InChI is InChI=1S/C51H57N9O6/c1-30-41-28-53-50(56-46(41)60(39-6-4-5-7-39)49(65)45(30)32(3)61)54-43-16-10-35(27-52-43)34-18-22-58(23-19-34)38-12-8-33(9-13-38)31(2)57-24-20-51(66,21-25-57)37-11-14-40-36(26-37)29-59(48(40)64)42-15-17-44(62)55-47(42)63/h8-14,16,26-28,31,34,39,42,66H,4-7,15,17-25,29H2,1-3H3,(H,55,62,63)(H,52,53,54,56)/t31-,42?/m1/s1. The fourth-order valence-corrected chi connectivity index (χ4v) is 11.2. The van der Waals surface area contributed by atoms with Crippen molar-refractivity contribution in [2.45, 2.75) is 121 Å². The zero-order valence-corrected chi connectivity index (χ0v) is 37.9. The molecule has 2 aromatic carbocycles. The second-order valence-electron chi connectivity index (χ2n) is 19.1. The molecule has 0 spiro atoms. The maximum absolute atomic E-state index is 13.6. The van der Waals surface area contributed by atoms with Crippen molar-refractivity contribution in [3.8, 4) is 0 Å². The number of rotatable bonds is 10. The quantitative estimate of drug-likeness (QED) is 0.0993. The van der Waals surface area contributed by atoms with E-state index in [9.17, 15) is 29.1 Å². The maximum atomic E-state index is 13.6. The number of piperidine rings is 3. The number of amides is 3. The Labute approximate surface area is 383 Å². The fourth-order valence-electron chi connectivity index (χ4n) is 11.2. The molecule has 1 saturated carbocycles. The number of carbonyl (C=O) groups excluding carboxylic acids is 4. The van der Waals surface area contributed by atoms with Crippen LogP contribution in [0.3, 0.4) is 0 Å². The highest BCUT2D eigenvalue weighted by molar-refractivity contribution is 6.05. The normalized spacial score (nSPS) is 21.0. The Morgan fingerprint density at radius 2 is 1.64 bits per heavy atom. The number of ketones is 1. The van der Waals surface area contributed by atoms with Gasteiger partial charge in [-0.25, -0.2) is 9.97 Å². The summed E-state index contributed by atoms with van der Waals surface area (Å²) in [7, 11) is 0. The Bertz CT molecular complexity index is 2790. The summed E-state index contributed by atoms with van der Waals surface area (Å²) in [5.74, 6) is 0.183. The van der Waals surface area contributed by atoms with Gasteiger partial charge in [0.15, 0.2) is 5.78 Å². The summed E-state index contributed by atoms with van der Waals surface area (Å²) in [4.78, 5) is 84.1. The molecule has 2 atom stereocenters. The predicted molar refractivity (Wildman–Crippen MR) is 250 cm³/mol. The van der Waals surface area contributed by atoms with Crippen LogP contribution in [0.1, 0.15) is 145 Å². The molecule has 66 heavy (non-hydrogen) atoms. The lowest BCUT2D eigenvalue weighted by Gasteiger charge is -2.41. The zero-order valence-electron chi connectivity index (χ0n) is 37.9. The maximum Gasteiger partial charge on any atom is 0.263 e. The van der Waals surface area contributed by atoms with E-state index in [1.54, 1.807) is 28.7 Å². The number of anilines is 3. The van der Waals surface area contributed by atoms with Crippen LogP contribution in [-0.4, -0.2) is 90.2 Å². The molecule has 1 aliphatic carbocycles. The van der Waals surface area contributed by atoms with E-state index in [4.69, 9.17) is 9.97 Å². The topological polar surface area (TPSA) is 183 Å². The zero-order chi connectivity index (χ0) is 45.9. The van der Waals surface area contributed by atoms with Crippen LogP contribution in [0, 0.1) is 6.92 Å². The number of benzene rings is 2. The van der Waals surface area contributed by atoms with Crippen LogP contribution in [-0.2, 0) is 21.7 Å². The average Bonchev–Trinajstić information content (AvgIpc) is 3.97. The van der Waals surface area contributed by atoms with E-state index >= 15 is 0 Å². The van der Waals surface area contributed by atoms with Crippen LogP contribution in [0.2, 0.25) is 0 Å². The summed E-state index contributed by atoms with van der Waals surface area (Å²) in [5.41, 5.74) is 5.90. The van der Waals surface area contributed by atoms with E-state index < -0.39 is 17.6 Å². The van der Waals surface area contributed by atoms with Gasteiger partial charge in [0.05, 0.1) is 11.2 Å². The number of fused-ring (bicyclic) bond motifs is 2. The van der Waals surface area contributed by atoms with Crippen LogP contribution in [0.15, 0.2) is 71.8 Å². The summed E-state index contributed by atoms with van der Waals surface area (Å²) in [6.07, 6.45) is 11.2. The van der Waals surface area contributed by atoms with E-state index in [2.05, 4.69) is 62.7 Å². The number of aryl methyl sites for hydroxylation is 1. The highest BCUT2D eigenvalue weighted by atomic mass is 16.3. The monoisotopic (exact) mass is 891 g/mol. The van der Waals surface area contributed by atoms with Crippen molar-refractivity contribution >= 4 is 52.0 Å². The first-order valence-electron chi connectivity index (χ1n) is 23.6. The number of nitrogens with zero attached hydrogens (tertiary/aromatic N) is 7. The Balaban J connectivity index is 0.724. The van der Waals surface area contributed by atoms with Crippen molar-refractivity contribution in [3.05, 3.63) is 116 Å². The molecule has 3 amide bonds. The van der Waals surface area contributed by atoms with Gasteiger partial charge in [0.1, 0.15) is 17.5 Å². The van der Waals surface area contributed by atoms with E-state index in [0.717, 1.165) is 75.8 Å². The van der Waals surface area contributed by atoms with Gasteiger partial charge >= 0.3 is 0 Å². The Morgan fingerprint density at radius 3 is 2.32 bits per heavy atom. The molecule has 4 fully saturated rings. The molecule has 342 valence electrons. The second kappa shape index (κ2) is 17.5. The van der Waals surface area contributed by atoms with Crippen molar-refractivity contribution < 1.29 is 24.3 Å². The number of hydrogen-bond donors (Lipinski definition) is 3. The lowest BCUT2D eigenvalue weighted by atomic mass is 9.82. The summed E-state index contributed by atoms with van der Waals surface area (Å²) < 4.78 is 1.72. The minimum absolute atomic E-state index is 0.0103. The van der Waals surface area contributed by atoms with Gasteiger partial charge in [-0.15, -0.1) is 0 Å². The molecule has 4 aliphatic heterocycles. The first-order valence-corrected chi connectivity index (χ1v) is 23.6. The van der Waals surface area contributed by atoms with Crippen molar-refractivity contribution in [2.75, 3.05) is 36.4 Å². The Hall–Kier alpha value is -6.32. The van der Waals surface area contributed by atoms with E-state index in [1.165, 1.54) is 23.7 Å². The Morgan fingerprint density at radius 1 is 0.894 bits per heavy atom. The first kappa shape index (κ1) is 43.6. The third kappa shape index (κ3) is 8.05. The summed E-state index contributed by atoms with van der Waals surface area (Å²) in [6, 6.07) is 18.1. The number of aliphatic hydroxyl groups is 1. The lowest BCUT2D eigenvalue weighted by Crippen LogP contribution is -2.52. The van der Waals surface area contributed by atoms with Crippen molar-refractivity contribution in [2.24, 2.45) is 0 Å². The highest BCUT2D eigenvalue weighted by Gasteiger charge is 2.41. The molecule has 3 N–H and O–H groups in total. The molecule has 7 heterocycles. The number of pyridine rings is 2. The van der Waals surface area contributed by atoms with Crippen LogP contribution < -0.4 is 21.1 Å². The minimum atomic E-state index is -1.01. The van der Waals surface area contributed by atoms with Crippen molar-refractivity contribution in [1.82, 2.24) is 34.6 Å². The van der Waals surface area contributed by atoms with Crippen molar-refractivity contribution in [1.29, 1.82) is 0 Å². The van der Waals surface area contributed by atoms with E-state index in [-0.39, 0.29) is 53.8 Å². The molecule has 5 aromatic rings. The van der Waals surface area contributed by atoms with E-state index in [1.807, 2.05) is 24.4 Å². The molecule has 1 unspecified atom stereocenters. The smallest absolute Gasteiger partial charge is 0.263 e. The minimum Gasteiger partial charge on any atom is -0.385 e. The number of aromatic nitrogens is 4. The van der Waals surface area contributed by atoms with Crippen LogP contribution in [0.25, 0.3) is 11.0 Å². The largest absolute Gasteiger partial charge is 0.385 e. The van der Waals surface area contributed by atoms with Crippen LogP contribution in [0.4, 0.5) is 17.5 Å². The second-order valence-corrected chi connectivity index (χ2v) is 19.1. The third-order valence-electron chi connectivity index (χ3n) is 15.2. The molecule has 0 bridgehead atoms. The van der Waals surface area contributed by atoms with Crippen LogP contribution >= 0.6 is 0 Å². The van der Waals surface area contributed by atoms with E-state index in [0.29, 0.717) is 59.1 Å². The van der Waals surface area contributed by atoms with Gasteiger partial charge in [-0.3, -0.25) is 38.8 Å². The number of nitrogens with one attached hydrogen (secondary N) is 2. The van der Waals surface area contributed by atoms with Crippen molar-refractivity contribution in [3.63, 3.8) is 0 Å². The molecule has 3 saturated heterocycles. The van der Waals surface area contributed by atoms with Gasteiger partial charge < -0.3 is 20.2 Å².